The van der Waals surface area contributed by atoms with Crippen molar-refractivity contribution in [3.63, 3.8) is 0 Å². The van der Waals surface area contributed by atoms with Gasteiger partial charge in [-0.15, -0.1) is 0 Å². The average molecular weight is 224 g/mol. The lowest BCUT2D eigenvalue weighted by molar-refractivity contribution is -0.00906. The quantitative estimate of drug-likeness (QED) is 0.798. The summed E-state index contributed by atoms with van der Waals surface area (Å²) >= 11 is 0. The maximum Gasteiger partial charge on any atom is 0.268 e. The molecular formula is C9H8F4O2. The van der Waals surface area contributed by atoms with E-state index in [9.17, 15) is 17.6 Å². The van der Waals surface area contributed by atoms with Crippen molar-refractivity contribution in [2.75, 3.05) is 7.11 Å². The molecule has 0 bridgehead atoms. The number of hydrogen-bond donors (Lipinski definition) is 1. The molecule has 6 heteroatoms. The lowest BCUT2D eigenvalue weighted by Gasteiger charge is -2.14. The summed E-state index contributed by atoms with van der Waals surface area (Å²) in [6, 6.07) is 1.13. The molecular weight excluding hydrogens is 216 g/mol. The minimum atomic E-state index is -3.17. The molecule has 0 heterocycles. The summed E-state index contributed by atoms with van der Waals surface area (Å²) in [5.74, 6) is -2.67. The number of methoxy groups -OCH3 is 1. The standard InChI is InChI=1S/C9H8F4O2/c1-15-6-3-4(10)2-5(11)7(6)8(14)9(12)13/h2-3,8-9,14H,1H3. The van der Waals surface area contributed by atoms with Crippen LogP contribution in [0.4, 0.5) is 17.6 Å². The van der Waals surface area contributed by atoms with Crippen LogP contribution in [-0.4, -0.2) is 18.6 Å². The monoisotopic (exact) mass is 224 g/mol. The fourth-order valence-corrected chi connectivity index (χ4v) is 1.14. The van der Waals surface area contributed by atoms with E-state index in [4.69, 9.17) is 5.11 Å². The second-order valence-electron chi connectivity index (χ2n) is 2.78. The highest BCUT2D eigenvalue weighted by Crippen LogP contribution is 2.32. The molecule has 0 aliphatic carbocycles. The molecule has 1 unspecified atom stereocenters. The van der Waals surface area contributed by atoms with Gasteiger partial charge in [0.1, 0.15) is 23.5 Å². The van der Waals surface area contributed by atoms with Crippen molar-refractivity contribution in [3.05, 3.63) is 29.3 Å². The van der Waals surface area contributed by atoms with Crippen molar-refractivity contribution in [2.45, 2.75) is 12.5 Å². The second kappa shape index (κ2) is 4.48. The number of alkyl halides is 2. The van der Waals surface area contributed by atoms with Gasteiger partial charge >= 0.3 is 0 Å². The highest BCUT2D eigenvalue weighted by atomic mass is 19.3. The maximum absolute atomic E-state index is 13.1. The van der Waals surface area contributed by atoms with Crippen LogP contribution in [0.2, 0.25) is 0 Å². The second-order valence-corrected chi connectivity index (χ2v) is 2.78. The molecule has 0 saturated heterocycles. The molecule has 0 fully saturated rings. The number of hydrogen-bond acceptors (Lipinski definition) is 2. The molecule has 0 radical (unpaired) electrons. The molecule has 0 saturated carbocycles. The Morgan fingerprint density at radius 2 is 1.87 bits per heavy atom. The third-order valence-electron chi connectivity index (χ3n) is 1.81. The summed E-state index contributed by atoms with van der Waals surface area (Å²) in [5.41, 5.74) is -0.742. The van der Waals surface area contributed by atoms with E-state index < -0.39 is 35.5 Å². The largest absolute Gasteiger partial charge is 0.496 e. The Morgan fingerprint density at radius 3 is 2.33 bits per heavy atom. The number of benzene rings is 1. The van der Waals surface area contributed by atoms with Crippen LogP contribution in [0.3, 0.4) is 0 Å². The van der Waals surface area contributed by atoms with Gasteiger partial charge in [0, 0.05) is 12.1 Å². The highest BCUT2D eigenvalue weighted by Gasteiger charge is 2.27. The Bertz CT molecular complexity index is 354. The molecule has 1 aromatic carbocycles. The summed E-state index contributed by atoms with van der Waals surface area (Å²) < 4.78 is 54.6. The lowest BCUT2D eigenvalue weighted by atomic mass is 10.1. The van der Waals surface area contributed by atoms with Crippen LogP contribution in [0.5, 0.6) is 5.75 Å². The third kappa shape index (κ3) is 2.38. The van der Waals surface area contributed by atoms with Crippen LogP contribution in [0, 0.1) is 11.6 Å². The van der Waals surface area contributed by atoms with E-state index in [1.165, 1.54) is 0 Å². The summed E-state index contributed by atoms with van der Waals surface area (Å²) in [7, 11) is 1.07. The molecule has 84 valence electrons. The van der Waals surface area contributed by atoms with Gasteiger partial charge in [0.05, 0.1) is 12.7 Å². The molecule has 1 N–H and O–H groups in total. The zero-order valence-corrected chi connectivity index (χ0v) is 7.68. The first-order valence-electron chi connectivity index (χ1n) is 3.96. The molecule has 0 amide bonds. The van der Waals surface area contributed by atoms with Crippen molar-refractivity contribution in [1.29, 1.82) is 0 Å². The van der Waals surface area contributed by atoms with E-state index >= 15 is 0 Å². The van der Waals surface area contributed by atoms with E-state index in [1.807, 2.05) is 0 Å². The average Bonchev–Trinajstić information content (AvgIpc) is 2.15. The third-order valence-corrected chi connectivity index (χ3v) is 1.81. The van der Waals surface area contributed by atoms with Crippen LogP contribution >= 0.6 is 0 Å². The summed E-state index contributed by atoms with van der Waals surface area (Å²) in [5, 5.41) is 8.99. The minimum absolute atomic E-state index is 0.406. The van der Waals surface area contributed by atoms with Crippen molar-refractivity contribution in [3.8, 4) is 5.75 Å². The summed E-state index contributed by atoms with van der Waals surface area (Å²) in [6.45, 7) is 0. The Hall–Kier alpha value is -1.30. The number of halogens is 4. The van der Waals surface area contributed by atoms with Gasteiger partial charge in [-0.05, 0) is 0 Å². The molecule has 1 rings (SSSR count). The first kappa shape index (κ1) is 11.8. The van der Waals surface area contributed by atoms with Crippen LogP contribution in [0.25, 0.3) is 0 Å². The van der Waals surface area contributed by atoms with Crippen molar-refractivity contribution in [1.82, 2.24) is 0 Å². The fourth-order valence-electron chi connectivity index (χ4n) is 1.14. The predicted octanol–water partition coefficient (Wildman–Crippen LogP) is 2.27. The van der Waals surface area contributed by atoms with Gasteiger partial charge in [0.2, 0.25) is 0 Å². The Kier molecular flexibility index (Phi) is 3.52. The molecule has 1 aromatic rings. The van der Waals surface area contributed by atoms with E-state index in [1.54, 1.807) is 0 Å². The Morgan fingerprint density at radius 1 is 1.27 bits per heavy atom. The number of ether oxygens (including phenoxy) is 1. The normalized spacial score (nSPS) is 13.0. The molecule has 0 aliphatic heterocycles. The highest BCUT2D eigenvalue weighted by molar-refractivity contribution is 5.37. The van der Waals surface area contributed by atoms with Gasteiger partial charge < -0.3 is 9.84 Å². The zero-order chi connectivity index (χ0) is 11.6. The molecule has 1 atom stereocenters. The van der Waals surface area contributed by atoms with Crippen LogP contribution < -0.4 is 4.74 Å². The van der Waals surface area contributed by atoms with Gasteiger partial charge in [0.25, 0.3) is 6.43 Å². The van der Waals surface area contributed by atoms with E-state index in [0.29, 0.717) is 6.07 Å². The minimum Gasteiger partial charge on any atom is -0.496 e. The predicted molar refractivity (Wildman–Crippen MR) is 43.9 cm³/mol. The number of aliphatic hydroxyl groups excluding tert-OH is 1. The lowest BCUT2D eigenvalue weighted by Crippen LogP contribution is -2.12. The van der Waals surface area contributed by atoms with E-state index in [-0.39, 0.29) is 0 Å². The van der Waals surface area contributed by atoms with Crippen LogP contribution in [0.15, 0.2) is 12.1 Å². The van der Waals surface area contributed by atoms with Gasteiger partial charge in [-0.25, -0.2) is 17.6 Å². The summed E-state index contributed by atoms with van der Waals surface area (Å²) in [6.07, 6.45) is -5.50. The molecule has 2 nitrogen and oxygen atoms in total. The number of aliphatic hydroxyl groups is 1. The molecule has 0 aromatic heterocycles. The van der Waals surface area contributed by atoms with Crippen molar-refractivity contribution in [2.24, 2.45) is 0 Å². The summed E-state index contributed by atoms with van der Waals surface area (Å²) in [4.78, 5) is 0. The van der Waals surface area contributed by atoms with Gasteiger partial charge in [-0.2, -0.15) is 0 Å². The first-order valence-corrected chi connectivity index (χ1v) is 3.96. The zero-order valence-electron chi connectivity index (χ0n) is 7.68. The Balaban J connectivity index is 3.26. The van der Waals surface area contributed by atoms with Gasteiger partial charge in [-0.1, -0.05) is 0 Å². The maximum atomic E-state index is 13.1. The first-order chi connectivity index (χ1) is 6.97. The molecule has 15 heavy (non-hydrogen) atoms. The smallest absolute Gasteiger partial charge is 0.268 e. The molecule has 0 aliphatic rings. The fraction of sp³-hybridized carbons (Fsp3) is 0.333. The molecule has 0 spiro atoms. The van der Waals surface area contributed by atoms with Crippen LogP contribution in [0.1, 0.15) is 11.7 Å². The van der Waals surface area contributed by atoms with E-state index in [2.05, 4.69) is 4.74 Å². The number of rotatable bonds is 3. The SMILES string of the molecule is COc1cc(F)cc(F)c1C(O)C(F)F. The van der Waals surface area contributed by atoms with Crippen LogP contribution in [-0.2, 0) is 0 Å². The topological polar surface area (TPSA) is 29.5 Å². The van der Waals surface area contributed by atoms with Crippen molar-refractivity contribution >= 4 is 0 Å². The van der Waals surface area contributed by atoms with Crippen molar-refractivity contribution < 1.29 is 27.4 Å². The Labute approximate surface area is 83.1 Å². The van der Waals surface area contributed by atoms with E-state index in [0.717, 1.165) is 13.2 Å². The van der Waals surface area contributed by atoms with Gasteiger partial charge in [-0.3, -0.25) is 0 Å². The van der Waals surface area contributed by atoms with Gasteiger partial charge in [0.15, 0.2) is 0 Å².